The highest BCUT2D eigenvalue weighted by Crippen LogP contribution is 2.14. The second kappa shape index (κ2) is 4.89. The summed E-state index contributed by atoms with van der Waals surface area (Å²) >= 11 is 1.73. The Morgan fingerprint density at radius 2 is 2.07 bits per heavy atom. The van der Waals surface area contributed by atoms with Crippen molar-refractivity contribution in [3.05, 3.63) is 42.2 Å². The van der Waals surface area contributed by atoms with Crippen molar-refractivity contribution in [3.63, 3.8) is 0 Å². The number of imidazole rings is 1. The molecular formula is C11H13N3S. The molecule has 4 heteroatoms. The fourth-order valence-electron chi connectivity index (χ4n) is 1.28. The van der Waals surface area contributed by atoms with E-state index in [2.05, 4.69) is 22.1 Å². The molecule has 0 aliphatic carbocycles. The van der Waals surface area contributed by atoms with Crippen molar-refractivity contribution in [2.24, 2.45) is 0 Å². The van der Waals surface area contributed by atoms with Crippen LogP contribution in [-0.2, 0) is 6.42 Å². The molecule has 2 aromatic rings. The number of hydrogen-bond acceptors (Lipinski definition) is 3. The maximum atomic E-state index is 5.61. The van der Waals surface area contributed by atoms with Crippen molar-refractivity contribution in [1.82, 2.24) is 9.97 Å². The summed E-state index contributed by atoms with van der Waals surface area (Å²) < 4.78 is 0. The predicted octanol–water partition coefficient (Wildman–Crippen LogP) is 2.33. The Hall–Kier alpha value is -1.42. The fourth-order valence-corrected chi connectivity index (χ4v) is 2.10. The van der Waals surface area contributed by atoms with E-state index in [0.717, 1.165) is 23.0 Å². The Labute approximate surface area is 93.1 Å². The average molecular weight is 219 g/mol. The monoisotopic (exact) mass is 219 g/mol. The minimum absolute atomic E-state index is 0.817. The number of hydrogen-bond donors (Lipinski definition) is 2. The van der Waals surface area contributed by atoms with Gasteiger partial charge < -0.3 is 10.7 Å². The van der Waals surface area contributed by atoms with Gasteiger partial charge in [0.2, 0.25) is 0 Å². The molecule has 0 atom stereocenters. The van der Waals surface area contributed by atoms with E-state index >= 15 is 0 Å². The third kappa shape index (κ3) is 3.02. The van der Waals surface area contributed by atoms with Gasteiger partial charge in [0.25, 0.3) is 0 Å². The third-order valence-corrected chi connectivity index (χ3v) is 2.99. The summed E-state index contributed by atoms with van der Waals surface area (Å²) in [7, 11) is 0. The fraction of sp³-hybridized carbons (Fsp3) is 0.182. The zero-order valence-corrected chi connectivity index (χ0v) is 9.13. The minimum atomic E-state index is 0.817. The van der Waals surface area contributed by atoms with Crippen LogP contribution < -0.4 is 5.73 Å². The number of aromatic nitrogens is 2. The molecule has 0 radical (unpaired) electrons. The van der Waals surface area contributed by atoms with Gasteiger partial charge in [-0.25, -0.2) is 4.98 Å². The quantitative estimate of drug-likeness (QED) is 0.613. The van der Waals surface area contributed by atoms with Gasteiger partial charge in [-0.05, 0) is 24.1 Å². The maximum absolute atomic E-state index is 5.61. The molecule has 0 amide bonds. The summed E-state index contributed by atoms with van der Waals surface area (Å²) in [5, 5.41) is 0.977. The van der Waals surface area contributed by atoms with Gasteiger partial charge in [0.15, 0.2) is 5.16 Å². The van der Waals surface area contributed by atoms with Crippen molar-refractivity contribution in [2.75, 3.05) is 11.5 Å². The van der Waals surface area contributed by atoms with E-state index in [1.165, 1.54) is 5.56 Å². The number of nitrogens with two attached hydrogens (primary N) is 1. The standard InChI is InChI=1S/C11H13N3S/c12-10-3-1-9(2-4-10)5-8-15-11-13-6-7-14-11/h1-4,6-7H,5,8,12H2,(H,13,14). The van der Waals surface area contributed by atoms with E-state index in [0.29, 0.717) is 0 Å². The average Bonchev–Trinajstić information content (AvgIpc) is 2.74. The zero-order chi connectivity index (χ0) is 10.5. The summed E-state index contributed by atoms with van der Waals surface area (Å²) in [6.45, 7) is 0. The zero-order valence-electron chi connectivity index (χ0n) is 8.31. The largest absolute Gasteiger partial charge is 0.399 e. The number of nitrogens with one attached hydrogen (secondary N) is 1. The Morgan fingerprint density at radius 3 is 2.73 bits per heavy atom. The van der Waals surface area contributed by atoms with Crippen LogP contribution in [-0.4, -0.2) is 15.7 Å². The van der Waals surface area contributed by atoms with Crippen molar-refractivity contribution in [2.45, 2.75) is 11.6 Å². The summed E-state index contributed by atoms with van der Waals surface area (Å²) in [5.41, 5.74) is 7.74. The van der Waals surface area contributed by atoms with Crippen molar-refractivity contribution in [3.8, 4) is 0 Å². The molecule has 1 heterocycles. The van der Waals surface area contributed by atoms with E-state index in [1.807, 2.05) is 18.3 Å². The summed E-state index contributed by atoms with van der Waals surface area (Å²) in [6, 6.07) is 8.01. The molecule has 1 aromatic heterocycles. The van der Waals surface area contributed by atoms with E-state index in [4.69, 9.17) is 5.73 Å². The lowest BCUT2D eigenvalue weighted by molar-refractivity contribution is 1.05. The smallest absolute Gasteiger partial charge is 0.165 e. The van der Waals surface area contributed by atoms with Crippen LogP contribution in [0.3, 0.4) is 0 Å². The highest BCUT2D eigenvalue weighted by Gasteiger charge is 1.97. The first-order chi connectivity index (χ1) is 7.34. The molecule has 0 aliphatic rings. The van der Waals surface area contributed by atoms with E-state index in [1.54, 1.807) is 18.0 Å². The third-order valence-electron chi connectivity index (χ3n) is 2.08. The molecule has 0 saturated heterocycles. The van der Waals surface area contributed by atoms with Crippen molar-refractivity contribution >= 4 is 17.4 Å². The number of anilines is 1. The summed E-state index contributed by atoms with van der Waals surface area (Å²) in [6.07, 6.45) is 4.64. The lowest BCUT2D eigenvalue weighted by atomic mass is 10.2. The van der Waals surface area contributed by atoms with Gasteiger partial charge >= 0.3 is 0 Å². The number of aromatic amines is 1. The van der Waals surface area contributed by atoms with Gasteiger partial charge in [0.05, 0.1) is 0 Å². The van der Waals surface area contributed by atoms with Crippen LogP contribution in [0.2, 0.25) is 0 Å². The number of benzene rings is 1. The Bertz CT molecular complexity index is 394. The molecule has 0 aliphatic heterocycles. The molecule has 0 fully saturated rings. The lowest BCUT2D eigenvalue weighted by Crippen LogP contribution is -1.90. The summed E-state index contributed by atoms with van der Waals surface area (Å²) in [5.74, 6) is 1.03. The predicted molar refractivity (Wildman–Crippen MR) is 63.9 cm³/mol. The second-order valence-electron chi connectivity index (χ2n) is 3.23. The van der Waals surface area contributed by atoms with E-state index < -0.39 is 0 Å². The number of rotatable bonds is 4. The first-order valence-electron chi connectivity index (χ1n) is 4.81. The normalized spacial score (nSPS) is 10.4. The van der Waals surface area contributed by atoms with Gasteiger partial charge in [-0.3, -0.25) is 0 Å². The second-order valence-corrected chi connectivity index (χ2v) is 4.32. The molecule has 78 valence electrons. The molecule has 1 aromatic carbocycles. The Kier molecular flexibility index (Phi) is 3.29. The maximum Gasteiger partial charge on any atom is 0.165 e. The molecule has 0 unspecified atom stereocenters. The van der Waals surface area contributed by atoms with Gasteiger partial charge in [-0.2, -0.15) is 0 Å². The molecule has 3 N–H and O–H groups in total. The summed E-state index contributed by atoms with van der Waals surface area (Å²) in [4.78, 5) is 7.21. The molecule has 0 bridgehead atoms. The molecule has 0 spiro atoms. The van der Waals surface area contributed by atoms with Crippen LogP contribution in [0.4, 0.5) is 5.69 Å². The van der Waals surface area contributed by atoms with Crippen LogP contribution in [0.5, 0.6) is 0 Å². The SMILES string of the molecule is Nc1ccc(CCSc2ncc[nH]2)cc1. The van der Waals surface area contributed by atoms with Gasteiger partial charge in [-0.1, -0.05) is 23.9 Å². The van der Waals surface area contributed by atoms with E-state index in [9.17, 15) is 0 Å². The first kappa shape index (κ1) is 10.1. The number of nitrogen functional groups attached to an aromatic ring is 1. The van der Waals surface area contributed by atoms with Crippen molar-refractivity contribution < 1.29 is 0 Å². The van der Waals surface area contributed by atoms with Crippen LogP contribution in [0.25, 0.3) is 0 Å². The van der Waals surface area contributed by atoms with Crippen LogP contribution in [0, 0.1) is 0 Å². The molecule has 0 saturated carbocycles. The first-order valence-corrected chi connectivity index (χ1v) is 5.80. The Morgan fingerprint density at radius 1 is 1.27 bits per heavy atom. The highest BCUT2D eigenvalue weighted by molar-refractivity contribution is 7.99. The van der Waals surface area contributed by atoms with Crippen LogP contribution >= 0.6 is 11.8 Å². The molecule has 3 nitrogen and oxygen atoms in total. The van der Waals surface area contributed by atoms with Crippen molar-refractivity contribution in [1.29, 1.82) is 0 Å². The highest BCUT2D eigenvalue weighted by atomic mass is 32.2. The Balaban J connectivity index is 1.81. The molecule has 15 heavy (non-hydrogen) atoms. The number of H-pyrrole nitrogens is 1. The minimum Gasteiger partial charge on any atom is -0.399 e. The van der Waals surface area contributed by atoms with E-state index in [-0.39, 0.29) is 0 Å². The lowest BCUT2D eigenvalue weighted by Gasteiger charge is -2.00. The molecular weight excluding hydrogens is 206 g/mol. The van der Waals surface area contributed by atoms with Crippen LogP contribution in [0.15, 0.2) is 41.8 Å². The van der Waals surface area contributed by atoms with Gasteiger partial charge in [-0.15, -0.1) is 0 Å². The number of aryl methyl sites for hydroxylation is 1. The number of thioether (sulfide) groups is 1. The van der Waals surface area contributed by atoms with Crippen LogP contribution in [0.1, 0.15) is 5.56 Å². The van der Waals surface area contributed by atoms with Gasteiger partial charge in [0, 0.05) is 23.8 Å². The number of nitrogens with zero attached hydrogens (tertiary/aromatic N) is 1. The molecule has 2 rings (SSSR count). The topological polar surface area (TPSA) is 54.7 Å². The van der Waals surface area contributed by atoms with Gasteiger partial charge in [0.1, 0.15) is 0 Å².